The predicted octanol–water partition coefficient (Wildman–Crippen LogP) is 2.87. The van der Waals surface area contributed by atoms with Gasteiger partial charge in [-0.1, -0.05) is 31.0 Å². The van der Waals surface area contributed by atoms with Gasteiger partial charge in [0.2, 0.25) is 0 Å². The van der Waals surface area contributed by atoms with Crippen LogP contribution in [0, 0.1) is 0 Å². The Morgan fingerprint density at radius 2 is 1.75 bits per heavy atom. The third-order valence-corrected chi connectivity index (χ3v) is 3.04. The van der Waals surface area contributed by atoms with Crippen LogP contribution in [0.3, 0.4) is 0 Å². The van der Waals surface area contributed by atoms with Crippen LogP contribution < -0.4 is 10.2 Å². The number of hydrogen-bond acceptors (Lipinski definition) is 2. The van der Waals surface area contributed by atoms with Crippen LogP contribution in [-0.4, -0.2) is 30.7 Å². The second kappa shape index (κ2) is 8.96. The molecule has 0 spiro atoms. The first kappa shape index (κ1) is 16.0. The summed E-state index contributed by atoms with van der Waals surface area (Å²) in [6.07, 6.45) is 3.61. The Kier molecular flexibility index (Phi) is 7.17. The summed E-state index contributed by atoms with van der Waals surface area (Å²) in [6.45, 7) is 0.614. The van der Waals surface area contributed by atoms with E-state index >= 15 is 0 Å². The molecule has 2 N–H and O–H groups in total. The van der Waals surface area contributed by atoms with Crippen LogP contribution in [0.1, 0.15) is 32.1 Å². The van der Waals surface area contributed by atoms with E-state index in [1.54, 1.807) is 11.9 Å². The fraction of sp³-hybridized carbons (Fsp3) is 0.467. The van der Waals surface area contributed by atoms with Gasteiger partial charge in [-0.25, -0.2) is 4.79 Å². The maximum Gasteiger partial charge on any atom is 0.321 e. The molecule has 0 heterocycles. The topological polar surface area (TPSA) is 69.6 Å². The molecule has 5 heteroatoms. The summed E-state index contributed by atoms with van der Waals surface area (Å²) in [5, 5.41) is 11.3. The summed E-state index contributed by atoms with van der Waals surface area (Å²) in [7, 11) is 1.73. The standard InChI is InChI=1S/C15H22N2O3/c1-17(13-9-5-4-6-10-13)15(20)16-12-8-3-2-7-11-14(18)19/h4-6,9-10H,2-3,7-8,11-12H2,1H3,(H,16,20)(H,18,19). The first-order valence-corrected chi connectivity index (χ1v) is 6.89. The number of carbonyl (C=O) groups excluding carboxylic acids is 1. The number of carbonyl (C=O) groups is 2. The van der Waals surface area contributed by atoms with Gasteiger partial charge >= 0.3 is 12.0 Å². The van der Waals surface area contributed by atoms with Gasteiger partial charge in [0.15, 0.2) is 0 Å². The lowest BCUT2D eigenvalue weighted by molar-refractivity contribution is -0.137. The van der Waals surface area contributed by atoms with Crippen LogP contribution in [-0.2, 0) is 4.79 Å². The van der Waals surface area contributed by atoms with E-state index < -0.39 is 5.97 Å². The molecule has 0 atom stereocenters. The molecule has 0 aromatic heterocycles. The molecule has 0 bridgehead atoms. The van der Waals surface area contributed by atoms with Crippen LogP contribution in [0.15, 0.2) is 30.3 Å². The molecule has 0 aliphatic carbocycles. The van der Waals surface area contributed by atoms with Crippen molar-refractivity contribution in [2.45, 2.75) is 32.1 Å². The van der Waals surface area contributed by atoms with E-state index in [-0.39, 0.29) is 12.5 Å². The zero-order chi connectivity index (χ0) is 14.8. The maximum absolute atomic E-state index is 11.9. The zero-order valence-corrected chi connectivity index (χ0v) is 11.8. The number of unbranched alkanes of at least 4 members (excludes halogenated alkanes) is 3. The molecule has 1 aromatic rings. The number of nitrogens with zero attached hydrogens (tertiary/aromatic N) is 1. The highest BCUT2D eigenvalue weighted by molar-refractivity contribution is 5.91. The summed E-state index contributed by atoms with van der Waals surface area (Å²) >= 11 is 0. The minimum absolute atomic E-state index is 0.123. The highest BCUT2D eigenvalue weighted by atomic mass is 16.4. The Hall–Kier alpha value is -2.04. The smallest absolute Gasteiger partial charge is 0.321 e. The Labute approximate surface area is 119 Å². The Morgan fingerprint density at radius 1 is 1.10 bits per heavy atom. The second-order valence-electron chi connectivity index (χ2n) is 4.68. The molecular formula is C15H22N2O3. The third-order valence-electron chi connectivity index (χ3n) is 3.04. The van der Waals surface area contributed by atoms with Gasteiger partial charge in [0.05, 0.1) is 0 Å². The minimum Gasteiger partial charge on any atom is -0.481 e. The first-order valence-electron chi connectivity index (χ1n) is 6.89. The van der Waals surface area contributed by atoms with E-state index in [1.165, 1.54) is 0 Å². The molecule has 5 nitrogen and oxygen atoms in total. The molecule has 0 fully saturated rings. The van der Waals surface area contributed by atoms with E-state index in [1.807, 2.05) is 30.3 Å². The molecule has 0 unspecified atom stereocenters. The van der Waals surface area contributed by atoms with Crippen molar-refractivity contribution < 1.29 is 14.7 Å². The van der Waals surface area contributed by atoms with E-state index in [9.17, 15) is 9.59 Å². The van der Waals surface area contributed by atoms with Crippen LogP contribution in [0.4, 0.5) is 10.5 Å². The van der Waals surface area contributed by atoms with Gasteiger partial charge in [0.1, 0.15) is 0 Å². The zero-order valence-electron chi connectivity index (χ0n) is 11.8. The molecule has 0 saturated heterocycles. The number of benzene rings is 1. The Bertz CT molecular complexity index is 420. The molecule has 0 aliphatic heterocycles. The largest absolute Gasteiger partial charge is 0.481 e. The molecule has 1 aromatic carbocycles. The number of para-hydroxylation sites is 1. The number of amides is 2. The molecular weight excluding hydrogens is 256 g/mol. The lowest BCUT2D eigenvalue weighted by atomic mass is 10.1. The minimum atomic E-state index is -0.747. The fourth-order valence-corrected chi connectivity index (χ4v) is 1.84. The molecule has 20 heavy (non-hydrogen) atoms. The summed E-state index contributed by atoms with van der Waals surface area (Å²) in [5.74, 6) is -0.747. The van der Waals surface area contributed by atoms with Crippen LogP contribution in [0.25, 0.3) is 0 Å². The lowest BCUT2D eigenvalue weighted by Crippen LogP contribution is -2.37. The van der Waals surface area contributed by atoms with E-state index in [0.29, 0.717) is 13.0 Å². The molecule has 1 rings (SSSR count). The van der Waals surface area contributed by atoms with Crippen molar-refractivity contribution in [2.75, 3.05) is 18.5 Å². The summed E-state index contributed by atoms with van der Waals surface area (Å²) < 4.78 is 0. The number of urea groups is 1. The van der Waals surface area contributed by atoms with E-state index in [4.69, 9.17) is 5.11 Å². The highest BCUT2D eigenvalue weighted by Gasteiger charge is 2.08. The summed E-state index contributed by atoms with van der Waals surface area (Å²) in [6, 6.07) is 9.33. The second-order valence-corrected chi connectivity index (χ2v) is 4.68. The first-order chi connectivity index (χ1) is 9.61. The van der Waals surface area contributed by atoms with Gasteiger partial charge in [-0.3, -0.25) is 9.69 Å². The number of anilines is 1. The molecule has 0 aliphatic rings. The van der Waals surface area contributed by atoms with Crippen molar-refractivity contribution >= 4 is 17.7 Å². The number of rotatable bonds is 8. The molecule has 0 saturated carbocycles. The van der Waals surface area contributed by atoms with Crippen molar-refractivity contribution in [3.63, 3.8) is 0 Å². The van der Waals surface area contributed by atoms with Crippen LogP contribution in [0.2, 0.25) is 0 Å². The molecule has 110 valence electrons. The number of hydrogen-bond donors (Lipinski definition) is 2. The van der Waals surface area contributed by atoms with Gasteiger partial charge in [-0.05, 0) is 25.0 Å². The fourth-order valence-electron chi connectivity index (χ4n) is 1.84. The average molecular weight is 278 g/mol. The monoisotopic (exact) mass is 278 g/mol. The van der Waals surface area contributed by atoms with Crippen LogP contribution >= 0.6 is 0 Å². The molecule has 0 radical (unpaired) electrons. The summed E-state index contributed by atoms with van der Waals surface area (Å²) in [5.41, 5.74) is 0.853. The lowest BCUT2D eigenvalue weighted by Gasteiger charge is -2.17. The van der Waals surface area contributed by atoms with Crippen molar-refractivity contribution in [3.8, 4) is 0 Å². The van der Waals surface area contributed by atoms with Gasteiger partial charge < -0.3 is 10.4 Å². The number of carboxylic acids is 1. The van der Waals surface area contributed by atoms with Crippen LogP contribution in [0.5, 0.6) is 0 Å². The highest BCUT2D eigenvalue weighted by Crippen LogP contribution is 2.10. The SMILES string of the molecule is CN(C(=O)NCCCCCCC(=O)O)c1ccccc1. The normalized spacial score (nSPS) is 10.1. The molecule has 2 amide bonds. The number of nitrogens with one attached hydrogen (secondary N) is 1. The third kappa shape index (κ3) is 6.22. The van der Waals surface area contributed by atoms with Gasteiger partial charge in [-0.15, -0.1) is 0 Å². The van der Waals surface area contributed by atoms with Gasteiger partial charge in [-0.2, -0.15) is 0 Å². The average Bonchev–Trinajstić information content (AvgIpc) is 2.45. The number of carboxylic acid groups (broad SMARTS) is 1. The number of aliphatic carboxylic acids is 1. The Balaban J connectivity index is 2.13. The van der Waals surface area contributed by atoms with Gasteiger partial charge in [0.25, 0.3) is 0 Å². The van der Waals surface area contributed by atoms with Gasteiger partial charge in [0, 0.05) is 25.7 Å². The van der Waals surface area contributed by atoms with Crippen molar-refractivity contribution in [1.82, 2.24) is 5.32 Å². The quantitative estimate of drug-likeness (QED) is 0.718. The van der Waals surface area contributed by atoms with Crippen molar-refractivity contribution in [2.24, 2.45) is 0 Å². The summed E-state index contributed by atoms with van der Waals surface area (Å²) in [4.78, 5) is 23.8. The van der Waals surface area contributed by atoms with E-state index in [0.717, 1.165) is 24.9 Å². The maximum atomic E-state index is 11.9. The van der Waals surface area contributed by atoms with Crippen molar-refractivity contribution in [1.29, 1.82) is 0 Å². The Morgan fingerprint density at radius 3 is 2.40 bits per heavy atom. The van der Waals surface area contributed by atoms with E-state index in [2.05, 4.69) is 5.32 Å². The predicted molar refractivity (Wildman–Crippen MR) is 79.0 cm³/mol. The van der Waals surface area contributed by atoms with Crippen molar-refractivity contribution in [3.05, 3.63) is 30.3 Å².